The molecule has 0 saturated carbocycles. The molecule has 0 aliphatic rings. The first-order chi connectivity index (χ1) is 12.7. The van der Waals surface area contributed by atoms with Crippen LogP contribution in [-0.2, 0) is 12.2 Å². The first-order valence-corrected chi connectivity index (χ1v) is 9.92. The number of nitrogens with zero attached hydrogens (tertiary/aromatic N) is 4. The second kappa shape index (κ2) is 9.44. The van der Waals surface area contributed by atoms with Gasteiger partial charge in [0.05, 0.1) is 5.69 Å². The van der Waals surface area contributed by atoms with Crippen LogP contribution in [0.25, 0.3) is 0 Å². The standard InChI is InChI=1S/C17H17BrN6OS/c18-13-4-2-6-20-15(13)11-26-8-7-21-17-22-16(25)14(23-24-17)9-12-3-1-5-19-10-12/h1-6,10H,7-9,11H2,(H2,21,22,24,25). The van der Waals surface area contributed by atoms with Crippen LogP contribution in [0.4, 0.5) is 5.95 Å². The summed E-state index contributed by atoms with van der Waals surface area (Å²) in [7, 11) is 0. The second-order valence-corrected chi connectivity index (χ2v) is 7.34. The van der Waals surface area contributed by atoms with Crippen LogP contribution in [0.2, 0.25) is 0 Å². The zero-order valence-electron chi connectivity index (χ0n) is 13.9. The highest BCUT2D eigenvalue weighted by Gasteiger charge is 2.06. The van der Waals surface area contributed by atoms with Crippen LogP contribution in [0, 0.1) is 0 Å². The quantitative estimate of drug-likeness (QED) is 0.528. The summed E-state index contributed by atoms with van der Waals surface area (Å²) < 4.78 is 1.01. The highest BCUT2D eigenvalue weighted by atomic mass is 79.9. The highest BCUT2D eigenvalue weighted by Crippen LogP contribution is 2.18. The first-order valence-electron chi connectivity index (χ1n) is 7.98. The number of hydrogen-bond acceptors (Lipinski definition) is 7. The molecule has 0 unspecified atom stereocenters. The number of aromatic amines is 1. The minimum atomic E-state index is -0.333. The molecule has 0 saturated heterocycles. The van der Waals surface area contributed by atoms with Crippen LogP contribution >= 0.6 is 27.7 Å². The number of H-pyrrole nitrogens is 1. The van der Waals surface area contributed by atoms with Gasteiger partial charge in [0.25, 0.3) is 5.56 Å². The zero-order chi connectivity index (χ0) is 18.2. The van der Waals surface area contributed by atoms with Gasteiger partial charge in [-0.05, 0) is 39.7 Å². The maximum absolute atomic E-state index is 12.1. The Kier molecular flexibility index (Phi) is 6.73. The van der Waals surface area contributed by atoms with E-state index in [4.69, 9.17) is 0 Å². The number of thioether (sulfide) groups is 1. The Morgan fingerprint density at radius 2 is 2.08 bits per heavy atom. The van der Waals surface area contributed by atoms with Gasteiger partial charge in [-0.1, -0.05) is 6.07 Å². The van der Waals surface area contributed by atoms with E-state index in [-0.39, 0.29) is 5.56 Å². The maximum Gasteiger partial charge on any atom is 0.296 e. The average Bonchev–Trinajstić information content (AvgIpc) is 2.66. The van der Waals surface area contributed by atoms with Crippen molar-refractivity contribution in [2.24, 2.45) is 0 Å². The smallest absolute Gasteiger partial charge is 0.296 e. The van der Waals surface area contributed by atoms with Gasteiger partial charge in [-0.15, -0.1) is 0 Å². The van der Waals surface area contributed by atoms with Crippen molar-refractivity contribution in [3.63, 3.8) is 0 Å². The molecule has 0 aromatic carbocycles. The van der Waals surface area contributed by atoms with Crippen LogP contribution < -0.4 is 10.9 Å². The lowest BCUT2D eigenvalue weighted by Gasteiger charge is -2.06. The molecule has 0 bridgehead atoms. The number of nitrogens with one attached hydrogen (secondary N) is 2. The Morgan fingerprint density at radius 1 is 1.19 bits per heavy atom. The molecule has 134 valence electrons. The lowest BCUT2D eigenvalue weighted by molar-refractivity contribution is 0.862. The molecule has 0 radical (unpaired) electrons. The van der Waals surface area contributed by atoms with Crippen molar-refractivity contribution in [3.05, 3.63) is 74.6 Å². The van der Waals surface area contributed by atoms with E-state index >= 15 is 0 Å². The molecular weight excluding hydrogens is 416 g/mol. The zero-order valence-corrected chi connectivity index (χ0v) is 16.3. The van der Waals surface area contributed by atoms with E-state index < -0.39 is 0 Å². The van der Waals surface area contributed by atoms with Crippen molar-refractivity contribution >= 4 is 33.6 Å². The van der Waals surface area contributed by atoms with Gasteiger partial charge in [0.1, 0.15) is 5.69 Å². The fourth-order valence-electron chi connectivity index (χ4n) is 2.18. The number of pyridine rings is 2. The summed E-state index contributed by atoms with van der Waals surface area (Å²) in [6, 6.07) is 7.60. The largest absolute Gasteiger partial charge is 0.354 e. The van der Waals surface area contributed by atoms with Crippen LogP contribution in [0.5, 0.6) is 0 Å². The number of aromatic nitrogens is 5. The molecule has 3 heterocycles. The number of rotatable bonds is 8. The molecule has 0 spiro atoms. The average molecular weight is 433 g/mol. The van der Waals surface area contributed by atoms with E-state index in [9.17, 15) is 4.79 Å². The third-order valence-electron chi connectivity index (χ3n) is 3.46. The number of halogens is 1. The van der Waals surface area contributed by atoms with Crippen molar-refractivity contribution in [2.45, 2.75) is 12.2 Å². The molecule has 0 amide bonds. The summed E-state index contributed by atoms with van der Waals surface area (Å²) in [5.74, 6) is 2.05. The molecule has 3 aromatic rings. The van der Waals surface area contributed by atoms with Crippen molar-refractivity contribution < 1.29 is 0 Å². The molecule has 0 fully saturated rings. The summed E-state index contributed by atoms with van der Waals surface area (Å²) >= 11 is 5.23. The van der Waals surface area contributed by atoms with E-state index in [1.54, 1.807) is 30.4 Å². The van der Waals surface area contributed by atoms with Crippen molar-refractivity contribution in [2.75, 3.05) is 17.6 Å². The van der Waals surface area contributed by atoms with Crippen LogP contribution in [0.3, 0.4) is 0 Å². The van der Waals surface area contributed by atoms with E-state index in [1.165, 1.54) is 0 Å². The maximum atomic E-state index is 12.1. The van der Waals surface area contributed by atoms with E-state index in [0.717, 1.165) is 27.2 Å². The molecule has 0 aliphatic heterocycles. The molecule has 2 N–H and O–H groups in total. The lowest BCUT2D eigenvalue weighted by Crippen LogP contribution is -2.20. The summed E-state index contributed by atoms with van der Waals surface area (Å²) in [6.45, 7) is 0.668. The second-order valence-electron chi connectivity index (χ2n) is 5.39. The molecular formula is C17H17BrN6OS. The highest BCUT2D eigenvalue weighted by molar-refractivity contribution is 9.10. The predicted octanol–water partition coefficient (Wildman–Crippen LogP) is 2.65. The van der Waals surface area contributed by atoms with Crippen molar-refractivity contribution in [1.82, 2.24) is 25.1 Å². The summed E-state index contributed by atoms with van der Waals surface area (Å²) in [5.41, 5.74) is 1.98. The van der Waals surface area contributed by atoms with Crippen LogP contribution in [-0.4, -0.2) is 37.4 Å². The fourth-order valence-corrected chi connectivity index (χ4v) is 3.58. The van der Waals surface area contributed by atoms with E-state index in [0.29, 0.717) is 24.6 Å². The van der Waals surface area contributed by atoms with Crippen LogP contribution in [0.15, 0.2) is 52.1 Å². The first kappa shape index (κ1) is 18.5. The molecule has 26 heavy (non-hydrogen) atoms. The van der Waals surface area contributed by atoms with Crippen molar-refractivity contribution in [3.8, 4) is 0 Å². The molecule has 3 aromatic heterocycles. The Morgan fingerprint density at radius 3 is 2.85 bits per heavy atom. The normalized spacial score (nSPS) is 10.7. The van der Waals surface area contributed by atoms with Gasteiger partial charge in [-0.25, -0.2) is 5.10 Å². The van der Waals surface area contributed by atoms with Gasteiger partial charge >= 0.3 is 0 Å². The fraction of sp³-hybridized carbons (Fsp3) is 0.235. The molecule has 7 nitrogen and oxygen atoms in total. The van der Waals surface area contributed by atoms with Crippen molar-refractivity contribution in [1.29, 1.82) is 0 Å². The lowest BCUT2D eigenvalue weighted by atomic mass is 10.2. The monoisotopic (exact) mass is 432 g/mol. The predicted molar refractivity (Wildman–Crippen MR) is 106 cm³/mol. The van der Waals surface area contributed by atoms with Gasteiger partial charge in [0.2, 0.25) is 5.95 Å². The molecule has 0 atom stereocenters. The third kappa shape index (κ3) is 5.37. The minimum Gasteiger partial charge on any atom is -0.354 e. The summed E-state index contributed by atoms with van der Waals surface area (Å²) in [6.07, 6.45) is 5.60. The molecule has 0 aliphatic carbocycles. The Hall–Kier alpha value is -2.26. The summed E-state index contributed by atoms with van der Waals surface area (Å²) in [5, 5.41) is 10.00. The van der Waals surface area contributed by atoms with Gasteiger partial charge in [-0.2, -0.15) is 21.8 Å². The van der Waals surface area contributed by atoms with Gasteiger partial charge < -0.3 is 5.32 Å². The SMILES string of the molecule is O=c1nc(NCCSCc2ncccc2Br)[nH]nc1Cc1cccnc1. The number of hydrogen-bond donors (Lipinski definition) is 2. The minimum absolute atomic E-state index is 0.333. The van der Waals surface area contributed by atoms with Gasteiger partial charge in [0.15, 0.2) is 0 Å². The van der Waals surface area contributed by atoms with E-state index in [2.05, 4.69) is 46.4 Å². The Balaban J connectivity index is 1.46. The number of anilines is 1. The third-order valence-corrected chi connectivity index (χ3v) is 5.16. The van der Waals surface area contributed by atoms with Crippen LogP contribution in [0.1, 0.15) is 17.0 Å². The Labute approximate surface area is 163 Å². The molecule has 9 heteroatoms. The Bertz CT molecular complexity index is 905. The van der Waals surface area contributed by atoms with Gasteiger partial charge in [0, 0.05) is 47.5 Å². The summed E-state index contributed by atoms with van der Waals surface area (Å²) in [4.78, 5) is 24.4. The van der Waals surface area contributed by atoms with E-state index in [1.807, 2.05) is 24.3 Å². The topological polar surface area (TPSA) is 96.5 Å². The van der Waals surface area contributed by atoms with Gasteiger partial charge in [-0.3, -0.25) is 14.8 Å². The molecule has 3 rings (SSSR count).